The highest BCUT2D eigenvalue weighted by molar-refractivity contribution is 5.93. The summed E-state index contributed by atoms with van der Waals surface area (Å²) in [5.74, 6) is -0.116. The fraction of sp³-hybridized carbons (Fsp3) is 0.600. The van der Waals surface area contributed by atoms with Crippen LogP contribution in [0.15, 0.2) is 24.3 Å². The number of nitrogens with one attached hydrogen (secondary N) is 3. The molecule has 3 amide bonds. The average Bonchev–Trinajstić information content (AvgIpc) is 2.87. The van der Waals surface area contributed by atoms with Crippen molar-refractivity contribution in [1.29, 1.82) is 0 Å². The lowest BCUT2D eigenvalue weighted by Crippen LogP contribution is -2.47. The Labute approximate surface area is 160 Å². The van der Waals surface area contributed by atoms with Crippen LogP contribution in [-0.2, 0) is 20.9 Å². The summed E-state index contributed by atoms with van der Waals surface area (Å²) in [6.45, 7) is 2.56. The summed E-state index contributed by atoms with van der Waals surface area (Å²) in [7, 11) is 0. The first-order valence-electron chi connectivity index (χ1n) is 9.84. The lowest BCUT2D eigenvalue weighted by Gasteiger charge is -2.22. The van der Waals surface area contributed by atoms with Crippen molar-refractivity contribution in [3.8, 4) is 0 Å². The van der Waals surface area contributed by atoms with Crippen LogP contribution < -0.4 is 16.0 Å². The maximum Gasteiger partial charge on any atom is 0.319 e. The Morgan fingerprint density at radius 1 is 1.22 bits per heavy atom. The summed E-state index contributed by atoms with van der Waals surface area (Å²) in [5.41, 5.74) is 1.66. The van der Waals surface area contributed by atoms with Crippen LogP contribution in [0.5, 0.6) is 0 Å². The Morgan fingerprint density at radius 2 is 2.11 bits per heavy atom. The molecule has 2 aliphatic heterocycles. The zero-order chi connectivity index (χ0) is 18.9. The number of rotatable bonds is 6. The molecule has 0 spiro atoms. The molecule has 3 N–H and O–H groups in total. The van der Waals surface area contributed by atoms with Gasteiger partial charge in [-0.05, 0) is 56.2 Å². The van der Waals surface area contributed by atoms with E-state index in [9.17, 15) is 9.59 Å². The molecule has 2 aliphatic rings. The molecule has 2 fully saturated rings. The van der Waals surface area contributed by atoms with E-state index in [4.69, 9.17) is 9.47 Å². The van der Waals surface area contributed by atoms with E-state index in [1.54, 1.807) is 0 Å². The second-order valence-corrected chi connectivity index (χ2v) is 7.14. The summed E-state index contributed by atoms with van der Waals surface area (Å²) in [6.07, 6.45) is 6.10. The molecule has 0 bridgehead atoms. The summed E-state index contributed by atoms with van der Waals surface area (Å²) >= 11 is 0. The van der Waals surface area contributed by atoms with Crippen molar-refractivity contribution >= 4 is 17.6 Å². The molecule has 1 aromatic rings. The average molecular weight is 375 g/mol. The van der Waals surface area contributed by atoms with E-state index in [0.717, 1.165) is 37.9 Å². The molecule has 0 aromatic heterocycles. The second kappa shape index (κ2) is 10.3. The van der Waals surface area contributed by atoms with Crippen molar-refractivity contribution in [2.45, 2.75) is 57.3 Å². The molecule has 7 heteroatoms. The van der Waals surface area contributed by atoms with Crippen LogP contribution >= 0.6 is 0 Å². The highest BCUT2D eigenvalue weighted by atomic mass is 16.5. The van der Waals surface area contributed by atoms with Crippen LogP contribution in [0.25, 0.3) is 0 Å². The molecule has 2 saturated heterocycles. The molecule has 2 heterocycles. The number of hydrogen-bond donors (Lipinski definition) is 3. The van der Waals surface area contributed by atoms with Gasteiger partial charge in [-0.1, -0.05) is 12.1 Å². The van der Waals surface area contributed by atoms with E-state index in [2.05, 4.69) is 16.0 Å². The number of urea groups is 1. The van der Waals surface area contributed by atoms with Gasteiger partial charge in [-0.15, -0.1) is 0 Å². The van der Waals surface area contributed by atoms with Crippen molar-refractivity contribution in [1.82, 2.24) is 10.6 Å². The van der Waals surface area contributed by atoms with Gasteiger partial charge in [0.25, 0.3) is 0 Å². The van der Waals surface area contributed by atoms with Gasteiger partial charge in [-0.2, -0.15) is 0 Å². The summed E-state index contributed by atoms with van der Waals surface area (Å²) in [5, 5.41) is 8.37. The van der Waals surface area contributed by atoms with Crippen LogP contribution in [-0.4, -0.2) is 43.8 Å². The molecule has 0 aliphatic carbocycles. The topological polar surface area (TPSA) is 88.7 Å². The lowest BCUT2D eigenvalue weighted by atomic mass is 10.1. The second-order valence-electron chi connectivity index (χ2n) is 7.14. The summed E-state index contributed by atoms with van der Waals surface area (Å²) < 4.78 is 11.4. The van der Waals surface area contributed by atoms with Gasteiger partial charge in [0.2, 0.25) is 5.91 Å². The largest absolute Gasteiger partial charge is 0.376 e. The van der Waals surface area contributed by atoms with Gasteiger partial charge in [0.05, 0.1) is 19.3 Å². The standard InChI is InChI=1S/C20H29N3O4/c24-19-18(9-1-3-10-21-19)23-20(25)22-16-7-5-6-15(12-16)13-26-14-17-8-2-4-11-27-17/h5-7,12,17-18H,1-4,8-11,13-14H2,(H,21,24)(H2,22,23,25)/t17-,18-/m1/s1. The molecule has 1 aromatic carbocycles. The molecule has 27 heavy (non-hydrogen) atoms. The first kappa shape index (κ1) is 19.6. The van der Waals surface area contributed by atoms with Gasteiger partial charge in [0.15, 0.2) is 0 Å². The Kier molecular flexibility index (Phi) is 7.47. The number of amides is 3. The van der Waals surface area contributed by atoms with Gasteiger partial charge in [0.1, 0.15) is 6.04 Å². The van der Waals surface area contributed by atoms with Crippen LogP contribution in [0.3, 0.4) is 0 Å². The quantitative estimate of drug-likeness (QED) is 0.713. The van der Waals surface area contributed by atoms with Crippen LogP contribution in [0.1, 0.15) is 44.1 Å². The Morgan fingerprint density at radius 3 is 2.96 bits per heavy atom. The van der Waals surface area contributed by atoms with E-state index in [1.165, 1.54) is 6.42 Å². The third-order valence-electron chi connectivity index (χ3n) is 4.87. The van der Waals surface area contributed by atoms with Crippen molar-refractivity contribution in [3.63, 3.8) is 0 Å². The molecular weight excluding hydrogens is 346 g/mol. The predicted octanol–water partition coefficient (Wildman–Crippen LogP) is 2.56. The number of benzene rings is 1. The Hall–Kier alpha value is -2.12. The van der Waals surface area contributed by atoms with Crippen LogP contribution in [0, 0.1) is 0 Å². The first-order chi connectivity index (χ1) is 13.2. The number of carbonyl (C=O) groups is 2. The lowest BCUT2D eigenvalue weighted by molar-refractivity contribution is -0.122. The predicted molar refractivity (Wildman–Crippen MR) is 102 cm³/mol. The summed E-state index contributed by atoms with van der Waals surface area (Å²) in [6, 6.07) is 6.70. The van der Waals surface area contributed by atoms with E-state index in [0.29, 0.717) is 31.9 Å². The van der Waals surface area contributed by atoms with Gasteiger partial charge >= 0.3 is 6.03 Å². The SMILES string of the molecule is O=C(Nc1cccc(COC[C@H]2CCCCO2)c1)N[C@@H]1CCCCNC1=O. The Bertz CT molecular complexity index is 631. The van der Waals surface area contributed by atoms with E-state index < -0.39 is 6.04 Å². The van der Waals surface area contributed by atoms with Crippen LogP contribution in [0.2, 0.25) is 0 Å². The zero-order valence-corrected chi connectivity index (χ0v) is 15.7. The molecular formula is C20H29N3O4. The molecule has 3 rings (SSSR count). The highest BCUT2D eigenvalue weighted by Crippen LogP contribution is 2.15. The third kappa shape index (κ3) is 6.52. The fourth-order valence-electron chi connectivity index (χ4n) is 3.39. The third-order valence-corrected chi connectivity index (χ3v) is 4.87. The normalized spacial score (nSPS) is 23.2. The van der Waals surface area contributed by atoms with Gasteiger partial charge in [-0.3, -0.25) is 4.79 Å². The van der Waals surface area contributed by atoms with E-state index in [-0.39, 0.29) is 18.0 Å². The minimum absolute atomic E-state index is 0.116. The van der Waals surface area contributed by atoms with Crippen LogP contribution in [0.4, 0.5) is 10.5 Å². The smallest absolute Gasteiger partial charge is 0.319 e. The van der Waals surface area contributed by atoms with Gasteiger partial charge < -0.3 is 25.4 Å². The fourth-order valence-corrected chi connectivity index (χ4v) is 3.39. The Balaban J connectivity index is 1.44. The molecule has 0 unspecified atom stereocenters. The van der Waals surface area contributed by atoms with Crippen molar-refractivity contribution in [2.75, 3.05) is 25.1 Å². The molecule has 2 atom stereocenters. The number of ether oxygens (including phenoxy) is 2. The van der Waals surface area contributed by atoms with Crippen molar-refractivity contribution in [3.05, 3.63) is 29.8 Å². The molecule has 0 radical (unpaired) electrons. The molecule has 0 saturated carbocycles. The number of anilines is 1. The number of carbonyl (C=O) groups excluding carboxylic acids is 2. The van der Waals surface area contributed by atoms with E-state index in [1.807, 2.05) is 24.3 Å². The summed E-state index contributed by atoms with van der Waals surface area (Å²) in [4.78, 5) is 24.1. The molecule has 7 nitrogen and oxygen atoms in total. The highest BCUT2D eigenvalue weighted by Gasteiger charge is 2.22. The first-order valence-corrected chi connectivity index (χ1v) is 9.84. The van der Waals surface area contributed by atoms with Gasteiger partial charge in [-0.25, -0.2) is 4.79 Å². The van der Waals surface area contributed by atoms with Crippen molar-refractivity contribution < 1.29 is 19.1 Å². The van der Waals surface area contributed by atoms with E-state index >= 15 is 0 Å². The minimum Gasteiger partial charge on any atom is -0.376 e. The van der Waals surface area contributed by atoms with Gasteiger partial charge in [0, 0.05) is 18.8 Å². The zero-order valence-electron chi connectivity index (χ0n) is 15.7. The maximum absolute atomic E-state index is 12.2. The molecule has 148 valence electrons. The minimum atomic E-state index is -0.477. The van der Waals surface area contributed by atoms with Crippen molar-refractivity contribution in [2.24, 2.45) is 0 Å². The maximum atomic E-state index is 12.2. The number of hydrogen-bond acceptors (Lipinski definition) is 4. The monoisotopic (exact) mass is 375 g/mol.